The molecule has 0 radical (unpaired) electrons. The number of rotatable bonds is 7. The highest BCUT2D eigenvalue weighted by Crippen LogP contribution is 2.44. The summed E-state index contributed by atoms with van der Waals surface area (Å²) in [6.07, 6.45) is 3.74. The van der Waals surface area contributed by atoms with Crippen LogP contribution in [0.15, 0.2) is 109 Å². The lowest BCUT2D eigenvalue weighted by atomic mass is 9.74. The molecule has 6 nitrogen and oxygen atoms in total. The van der Waals surface area contributed by atoms with Gasteiger partial charge in [0.05, 0.1) is 17.3 Å². The SMILES string of the molecule is CC(C)(C)OC(=O)Cn1ccc(/C=C2\CN(C(c3ccccc3)(c3ccccc3)c3ccccc3)CCC2O)n1. The Bertz CT molecular complexity index is 1340. The minimum absolute atomic E-state index is 0.0360. The van der Waals surface area contributed by atoms with E-state index >= 15 is 0 Å². The summed E-state index contributed by atoms with van der Waals surface area (Å²) in [7, 11) is 0. The molecule has 4 aromatic rings. The standard InChI is InChI=1S/C34H37N3O3/c1-33(2,3)40-32(39)25-37-22-19-30(35-37)23-26-24-36(21-20-31(26)38)34(27-13-7-4-8-14-27,28-15-9-5-10-16-28)29-17-11-6-12-18-29/h4-19,22-23,31,38H,20-21,24-25H2,1-3H3/b26-23+. The second kappa shape index (κ2) is 11.6. The molecule has 0 saturated carbocycles. The van der Waals surface area contributed by atoms with E-state index in [-0.39, 0.29) is 12.5 Å². The van der Waals surface area contributed by atoms with Crippen LogP contribution in [0.3, 0.4) is 0 Å². The van der Waals surface area contributed by atoms with Crippen molar-refractivity contribution < 1.29 is 14.6 Å². The molecule has 1 atom stereocenters. The van der Waals surface area contributed by atoms with Crippen LogP contribution < -0.4 is 0 Å². The number of aromatic nitrogens is 2. The maximum absolute atomic E-state index is 12.3. The smallest absolute Gasteiger partial charge is 0.328 e. The third-order valence-corrected chi connectivity index (χ3v) is 7.23. The summed E-state index contributed by atoms with van der Waals surface area (Å²) in [5, 5.41) is 15.7. The van der Waals surface area contributed by atoms with E-state index in [0.29, 0.717) is 25.2 Å². The number of benzene rings is 3. The lowest BCUT2D eigenvalue weighted by molar-refractivity contribution is -0.155. The Morgan fingerprint density at radius 3 is 1.93 bits per heavy atom. The van der Waals surface area contributed by atoms with E-state index in [0.717, 1.165) is 5.57 Å². The van der Waals surface area contributed by atoms with Crippen molar-refractivity contribution in [1.82, 2.24) is 14.7 Å². The summed E-state index contributed by atoms with van der Waals surface area (Å²) < 4.78 is 7.01. The summed E-state index contributed by atoms with van der Waals surface area (Å²) in [6, 6.07) is 33.6. The molecule has 1 aromatic heterocycles. The van der Waals surface area contributed by atoms with E-state index < -0.39 is 17.2 Å². The van der Waals surface area contributed by atoms with Crippen molar-refractivity contribution >= 4 is 12.0 Å². The van der Waals surface area contributed by atoms with Crippen LogP contribution in [0.25, 0.3) is 6.08 Å². The van der Waals surface area contributed by atoms with Crippen molar-refractivity contribution in [3.05, 3.63) is 131 Å². The van der Waals surface area contributed by atoms with Crippen molar-refractivity contribution in [3.8, 4) is 0 Å². The molecule has 1 N–H and O–H groups in total. The van der Waals surface area contributed by atoms with E-state index in [2.05, 4.69) is 82.8 Å². The van der Waals surface area contributed by atoms with Crippen LogP contribution in [-0.2, 0) is 21.6 Å². The maximum Gasteiger partial charge on any atom is 0.328 e. The number of esters is 1. The van der Waals surface area contributed by atoms with Gasteiger partial charge in [-0.2, -0.15) is 5.10 Å². The van der Waals surface area contributed by atoms with Gasteiger partial charge in [-0.15, -0.1) is 0 Å². The molecule has 6 heteroatoms. The summed E-state index contributed by atoms with van der Waals surface area (Å²) >= 11 is 0. The molecule has 5 rings (SSSR count). The van der Waals surface area contributed by atoms with Crippen molar-refractivity contribution in [3.63, 3.8) is 0 Å². The lowest BCUT2D eigenvalue weighted by Crippen LogP contribution is -2.52. The van der Waals surface area contributed by atoms with Gasteiger partial charge >= 0.3 is 5.97 Å². The van der Waals surface area contributed by atoms with Crippen LogP contribution in [0.2, 0.25) is 0 Å². The van der Waals surface area contributed by atoms with Gasteiger partial charge in [-0.1, -0.05) is 91.0 Å². The molecule has 3 aromatic carbocycles. The number of likely N-dealkylation sites (tertiary alicyclic amines) is 1. The predicted molar refractivity (Wildman–Crippen MR) is 157 cm³/mol. The van der Waals surface area contributed by atoms with Gasteiger partial charge < -0.3 is 9.84 Å². The summed E-state index contributed by atoms with van der Waals surface area (Å²) in [5.41, 5.74) is 4.00. The number of carbonyl (C=O) groups excluding carboxylic acids is 1. The Labute approximate surface area is 236 Å². The predicted octanol–water partition coefficient (Wildman–Crippen LogP) is 5.67. The minimum atomic E-state index is -0.577. The zero-order valence-corrected chi connectivity index (χ0v) is 23.4. The van der Waals surface area contributed by atoms with Gasteiger partial charge in [-0.25, -0.2) is 0 Å². The molecular weight excluding hydrogens is 498 g/mol. The van der Waals surface area contributed by atoms with Crippen LogP contribution in [-0.4, -0.2) is 50.6 Å². The van der Waals surface area contributed by atoms with Gasteiger partial charge in [0.2, 0.25) is 0 Å². The van der Waals surface area contributed by atoms with E-state index in [1.54, 1.807) is 10.9 Å². The number of hydrogen-bond acceptors (Lipinski definition) is 5. The van der Waals surface area contributed by atoms with Crippen LogP contribution in [0.4, 0.5) is 0 Å². The number of nitrogens with zero attached hydrogens (tertiary/aromatic N) is 3. The Kier molecular flexibility index (Phi) is 8.01. The third-order valence-electron chi connectivity index (χ3n) is 7.23. The molecule has 1 aliphatic heterocycles. The topological polar surface area (TPSA) is 67.6 Å². The Morgan fingerprint density at radius 1 is 0.900 bits per heavy atom. The first kappa shape index (κ1) is 27.6. The zero-order valence-electron chi connectivity index (χ0n) is 23.4. The van der Waals surface area contributed by atoms with Gasteiger partial charge in [-0.3, -0.25) is 14.4 Å². The van der Waals surface area contributed by atoms with E-state index in [1.165, 1.54) is 16.7 Å². The lowest BCUT2D eigenvalue weighted by Gasteiger charge is -2.48. The van der Waals surface area contributed by atoms with Crippen molar-refractivity contribution in [2.24, 2.45) is 0 Å². The molecule has 0 bridgehead atoms. The highest BCUT2D eigenvalue weighted by atomic mass is 16.6. The largest absolute Gasteiger partial charge is 0.459 e. The average Bonchev–Trinajstić information content (AvgIpc) is 3.38. The Morgan fingerprint density at radius 2 is 1.43 bits per heavy atom. The second-order valence-corrected chi connectivity index (χ2v) is 11.3. The normalized spacial score (nSPS) is 17.6. The summed E-state index contributed by atoms with van der Waals surface area (Å²) in [5.74, 6) is -0.336. The number of hydrogen-bond donors (Lipinski definition) is 1. The third kappa shape index (κ3) is 5.93. The average molecular weight is 536 g/mol. The number of aliphatic hydroxyl groups excluding tert-OH is 1. The molecular formula is C34H37N3O3. The summed E-state index contributed by atoms with van der Waals surface area (Å²) in [4.78, 5) is 14.8. The van der Waals surface area contributed by atoms with Crippen molar-refractivity contribution in [2.75, 3.05) is 13.1 Å². The van der Waals surface area contributed by atoms with Gasteiger partial charge in [0.1, 0.15) is 12.1 Å². The fourth-order valence-corrected chi connectivity index (χ4v) is 5.62. The second-order valence-electron chi connectivity index (χ2n) is 11.3. The number of carbonyl (C=O) groups is 1. The summed E-state index contributed by atoms with van der Waals surface area (Å²) in [6.45, 7) is 6.85. The first-order valence-electron chi connectivity index (χ1n) is 13.8. The van der Waals surface area contributed by atoms with Crippen LogP contribution in [0.1, 0.15) is 49.6 Å². The molecule has 0 spiro atoms. The highest BCUT2D eigenvalue weighted by Gasteiger charge is 2.44. The quantitative estimate of drug-likeness (QED) is 0.244. The van der Waals surface area contributed by atoms with Crippen LogP contribution in [0.5, 0.6) is 0 Å². The Hall–Kier alpha value is -4.00. The number of piperidine rings is 1. The zero-order chi connectivity index (χ0) is 28.2. The van der Waals surface area contributed by atoms with Crippen LogP contribution in [0, 0.1) is 0 Å². The first-order valence-corrected chi connectivity index (χ1v) is 13.8. The number of aliphatic hydroxyl groups is 1. The molecule has 2 heterocycles. The number of ether oxygens (including phenoxy) is 1. The molecule has 1 fully saturated rings. The molecule has 1 saturated heterocycles. The van der Waals surface area contributed by atoms with E-state index in [1.807, 2.05) is 51.1 Å². The van der Waals surface area contributed by atoms with Gasteiger partial charge in [-0.05, 0) is 61.6 Å². The van der Waals surface area contributed by atoms with Gasteiger partial charge in [0.15, 0.2) is 0 Å². The fourth-order valence-electron chi connectivity index (χ4n) is 5.62. The molecule has 1 aliphatic rings. The van der Waals surface area contributed by atoms with Gasteiger partial charge in [0, 0.05) is 19.3 Å². The fraction of sp³-hybridized carbons (Fsp3) is 0.294. The van der Waals surface area contributed by atoms with Gasteiger partial charge in [0.25, 0.3) is 0 Å². The molecule has 40 heavy (non-hydrogen) atoms. The molecule has 0 amide bonds. The molecule has 206 valence electrons. The van der Waals surface area contributed by atoms with E-state index in [9.17, 15) is 9.90 Å². The van der Waals surface area contributed by atoms with Crippen molar-refractivity contribution in [1.29, 1.82) is 0 Å². The monoisotopic (exact) mass is 535 g/mol. The maximum atomic E-state index is 12.3. The molecule has 0 aliphatic carbocycles. The van der Waals surface area contributed by atoms with Crippen LogP contribution >= 0.6 is 0 Å². The molecule has 1 unspecified atom stereocenters. The van der Waals surface area contributed by atoms with Crippen molar-refractivity contribution in [2.45, 2.75) is 51.0 Å². The van der Waals surface area contributed by atoms with E-state index in [4.69, 9.17) is 4.74 Å². The Balaban J connectivity index is 1.52. The highest BCUT2D eigenvalue weighted by molar-refractivity contribution is 5.69. The first-order chi connectivity index (χ1) is 19.3. The minimum Gasteiger partial charge on any atom is -0.459 e.